The van der Waals surface area contributed by atoms with Crippen molar-refractivity contribution in [2.45, 2.75) is 38.6 Å². The van der Waals surface area contributed by atoms with Crippen LogP contribution in [0.5, 0.6) is 0 Å². The van der Waals surface area contributed by atoms with E-state index in [4.69, 9.17) is 5.11 Å². The first kappa shape index (κ1) is 15.1. The number of hydrogen-bond acceptors (Lipinski definition) is 3. The molecule has 1 aromatic rings. The van der Waals surface area contributed by atoms with Crippen LogP contribution in [0.2, 0.25) is 0 Å². The van der Waals surface area contributed by atoms with Crippen molar-refractivity contribution >= 4 is 17.2 Å². The minimum atomic E-state index is 0.101. The van der Waals surface area contributed by atoms with Crippen molar-refractivity contribution < 1.29 is 9.90 Å². The van der Waals surface area contributed by atoms with Crippen molar-refractivity contribution in [1.29, 1.82) is 0 Å². The van der Waals surface area contributed by atoms with Crippen LogP contribution in [0.25, 0.3) is 0 Å². The second-order valence-electron chi connectivity index (χ2n) is 5.35. The number of aliphatic hydroxyl groups excluding tert-OH is 1. The Morgan fingerprint density at radius 2 is 2.35 bits per heavy atom. The Hall–Kier alpha value is -1.31. The number of thiophene rings is 1. The van der Waals surface area contributed by atoms with Gasteiger partial charge in [-0.05, 0) is 35.8 Å². The Balaban J connectivity index is 1.83. The average Bonchev–Trinajstić information content (AvgIpc) is 2.81. The van der Waals surface area contributed by atoms with Crippen LogP contribution < -0.4 is 0 Å². The summed E-state index contributed by atoms with van der Waals surface area (Å²) in [5.41, 5.74) is 1.13. The van der Waals surface area contributed by atoms with Crippen molar-refractivity contribution in [2.75, 3.05) is 13.7 Å². The molecule has 0 aliphatic heterocycles. The van der Waals surface area contributed by atoms with E-state index in [2.05, 4.69) is 17.2 Å². The van der Waals surface area contributed by atoms with Gasteiger partial charge in [-0.1, -0.05) is 18.3 Å². The number of aliphatic hydroxyl groups is 1. The molecule has 20 heavy (non-hydrogen) atoms. The first-order chi connectivity index (χ1) is 9.69. The summed E-state index contributed by atoms with van der Waals surface area (Å²) >= 11 is 1.59. The Kier molecular flexibility index (Phi) is 5.63. The van der Waals surface area contributed by atoms with E-state index < -0.39 is 0 Å². The molecule has 1 saturated carbocycles. The van der Waals surface area contributed by atoms with E-state index in [1.54, 1.807) is 11.3 Å². The van der Waals surface area contributed by atoms with Gasteiger partial charge in [-0.15, -0.1) is 11.3 Å². The van der Waals surface area contributed by atoms with Crippen LogP contribution in [0.1, 0.15) is 42.5 Å². The highest BCUT2D eigenvalue weighted by atomic mass is 32.1. The minimum Gasteiger partial charge on any atom is -0.395 e. The third-order valence-electron chi connectivity index (χ3n) is 3.64. The van der Waals surface area contributed by atoms with Crippen molar-refractivity contribution in [2.24, 2.45) is 5.92 Å². The van der Waals surface area contributed by atoms with Gasteiger partial charge in [0.15, 0.2) is 0 Å². The molecular formula is C16H21NO2S. The number of nitrogens with zero attached hydrogens (tertiary/aromatic N) is 1. The molecule has 2 rings (SSSR count). The maximum absolute atomic E-state index is 12.0. The quantitative estimate of drug-likeness (QED) is 0.847. The molecule has 1 N–H and O–H groups in total. The predicted molar refractivity (Wildman–Crippen MR) is 81.3 cm³/mol. The molecule has 1 amide bonds. The largest absolute Gasteiger partial charge is 0.395 e. The Bertz CT molecular complexity index is 508. The SMILES string of the molecule is CN(Cc1csc(C#CCCO)c1)C(=O)CC1CCC1. The summed E-state index contributed by atoms with van der Waals surface area (Å²) in [6.45, 7) is 0.757. The molecule has 0 aromatic carbocycles. The fourth-order valence-electron chi connectivity index (χ4n) is 2.19. The van der Waals surface area contributed by atoms with E-state index in [1.807, 2.05) is 18.0 Å². The zero-order valence-electron chi connectivity index (χ0n) is 11.9. The molecule has 0 radical (unpaired) electrons. The molecule has 3 nitrogen and oxygen atoms in total. The van der Waals surface area contributed by atoms with Crippen LogP contribution in [0, 0.1) is 17.8 Å². The number of carbonyl (C=O) groups excluding carboxylic acids is 1. The fourth-order valence-corrected chi connectivity index (χ4v) is 2.96. The summed E-state index contributed by atoms with van der Waals surface area (Å²) in [6.07, 6.45) is 4.91. The van der Waals surface area contributed by atoms with E-state index in [1.165, 1.54) is 19.3 Å². The van der Waals surface area contributed by atoms with E-state index in [0.29, 0.717) is 25.3 Å². The smallest absolute Gasteiger partial charge is 0.222 e. The molecule has 1 aliphatic carbocycles. The predicted octanol–water partition coefficient (Wildman–Crippen LogP) is 2.63. The lowest BCUT2D eigenvalue weighted by atomic mass is 9.83. The Morgan fingerprint density at radius 3 is 3.00 bits per heavy atom. The number of amides is 1. The second kappa shape index (κ2) is 7.47. The Labute approximate surface area is 124 Å². The van der Waals surface area contributed by atoms with Gasteiger partial charge in [0.1, 0.15) is 0 Å². The second-order valence-corrected chi connectivity index (χ2v) is 6.26. The third-order valence-corrected chi connectivity index (χ3v) is 4.53. The number of carbonyl (C=O) groups is 1. The molecule has 0 unspecified atom stereocenters. The van der Waals surface area contributed by atoms with Gasteiger partial charge in [-0.2, -0.15) is 0 Å². The molecule has 1 heterocycles. The highest BCUT2D eigenvalue weighted by Crippen LogP contribution is 2.30. The summed E-state index contributed by atoms with van der Waals surface area (Å²) in [4.78, 5) is 14.8. The first-order valence-corrected chi connectivity index (χ1v) is 7.98. The third kappa shape index (κ3) is 4.36. The topological polar surface area (TPSA) is 40.5 Å². The number of rotatable bonds is 5. The normalized spacial score (nSPS) is 14.3. The molecule has 0 spiro atoms. The van der Waals surface area contributed by atoms with E-state index in [0.717, 1.165) is 10.4 Å². The summed E-state index contributed by atoms with van der Waals surface area (Å²) in [5.74, 6) is 6.80. The molecule has 0 atom stereocenters. The first-order valence-electron chi connectivity index (χ1n) is 7.10. The van der Waals surface area contributed by atoms with Gasteiger partial charge < -0.3 is 10.0 Å². The Morgan fingerprint density at radius 1 is 1.55 bits per heavy atom. The molecule has 1 aliphatic rings. The summed E-state index contributed by atoms with van der Waals surface area (Å²) in [5, 5.41) is 10.7. The molecule has 0 saturated heterocycles. The van der Waals surface area contributed by atoms with Gasteiger partial charge in [0, 0.05) is 26.4 Å². The average molecular weight is 291 g/mol. The maximum Gasteiger partial charge on any atom is 0.222 e. The van der Waals surface area contributed by atoms with E-state index in [9.17, 15) is 4.79 Å². The van der Waals surface area contributed by atoms with Gasteiger partial charge in [0.05, 0.1) is 11.5 Å². The summed E-state index contributed by atoms with van der Waals surface area (Å²) < 4.78 is 0. The van der Waals surface area contributed by atoms with Crippen LogP contribution in [-0.2, 0) is 11.3 Å². The number of hydrogen-bond donors (Lipinski definition) is 1. The lowest BCUT2D eigenvalue weighted by Crippen LogP contribution is -2.29. The van der Waals surface area contributed by atoms with Crippen LogP contribution >= 0.6 is 11.3 Å². The van der Waals surface area contributed by atoms with Gasteiger partial charge in [-0.3, -0.25) is 4.79 Å². The summed E-state index contributed by atoms with van der Waals surface area (Å²) in [6, 6.07) is 2.03. The lowest BCUT2D eigenvalue weighted by molar-refractivity contribution is -0.132. The molecule has 1 fully saturated rings. The van der Waals surface area contributed by atoms with Gasteiger partial charge >= 0.3 is 0 Å². The van der Waals surface area contributed by atoms with E-state index >= 15 is 0 Å². The molecular weight excluding hydrogens is 270 g/mol. The van der Waals surface area contributed by atoms with Gasteiger partial charge in [0.2, 0.25) is 5.91 Å². The van der Waals surface area contributed by atoms with Crippen LogP contribution in [-0.4, -0.2) is 29.6 Å². The van der Waals surface area contributed by atoms with Crippen LogP contribution in [0.15, 0.2) is 11.4 Å². The molecule has 108 valence electrons. The molecule has 1 aromatic heterocycles. The zero-order chi connectivity index (χ0) is 14.4. The van der Waals surface area contributed by atoms with Gasteiger partial charge in [0.25, 0.3) is 0 Å². The van der Waals surface area contributed by atoms with E-state index in [-0.39, 0.29) is 12.5 Å². The van der Waals surface area contributed by atoms with Crippen molar-refractivity contribution in [1.82, 2.24) is 4.90 Å². The van der Waals surface area contributed by atoms with Crippen molar-refractivity contribution in [3.05, 3.63) is 21.9 Å². The fraction of sp³-hybridized carbons (Fsp3) is 0.562. The minimum absolute atomic E-state index is 0.101. The van der Waals surface area contributed by atoms with Gasteiger partial charge in [-0.25, -0.2) is 0 Å². The monoisotopic (exact) mass is 291 g/mol. The van der Waals surface area contributed by atoms with Crippen molar-refractivity contribution in [3.8, 4) is 11.8 Å². The highest BCUT2D eigenvalue weighted by Gasteiger charge is 2.22. The molecule has 0 bridgehead atoms. The van der Waals surface area contributed by atoms with Crippen LogP contribution in [0.4, 0.5) is 0 Å². The lowest BCUT2D eigenvalue weighted by Gasteiger charge is -2.27. The van der Waals surface area contributed by atoms with Crippen LogP contribution in [0.3, 0.4) is 0 Å². The summed E-state index contributed by atoms with van der Waals surface area (Å²) in [7, 11) is 1.87. The highest BCUT2D eigenvalue weighted by molar-refractivity contribution is 7.10. The molecule has 4 heteroatoms. The standard InChI is InChI=1S/C16H21NO2S/c1-17(16(19)10-13-5-4-6-13)11-14-9-15(20-12-14)7-2-3-8-18/h9,12-13,18H,3-6,8,10-11H2,1H3. The maximum atomic E-state index is 12.0. The zero-order valence-corrected chi connectivity index (χ0v) is 12.7. The van der Waals surface area contributed by atoms with Crippen molar-refractivity contribution in [3.63, 3.8) is 0 Å².